The van der Waals surface area contributed by atoms with Gasteiger partial charge in [0.15, 0.2) is 0 Å². The number of hydrogen-bond acceptors (Lipinski definition) is 8. The minimum Gasteiger partial charge on any atom is -0.799 e. The Labute approximate surface area is 210 Å². The molecule has 0 N–H and O–H groups in total. The Morgan fingerprint density at radius 1 is 0.708 bits per heavy atom. The molecule has 2 unspecified atom stereocenters. The molecule has 0 aliphatic carbocycles. The van der Waals surface area contributed by atoms with Crippen molar-refractivity contribution in [2.45, 2.75) is 39.5 Å². The standard InChI is InChI=1S/C10H25O8P3.3Na/c1-3-5-7-17-20(13,14)9-19(11,12)10-21(15,16)18-8-6-4-2;;;/h3-10H2,1-2H3,(H,11,12)(H,13,14)(H,15,16);;;/q;3*+1/p-3. The van der Waals surface area contributed by atoms with Crippen LogP contribution in [-0.2, 0) is 22.7 Å². The third kappa shape index (κ3) is 20.2. The van der Waals surface area contributed by atoms with Crippen molar-refractivity contribution < 1.29 is 126 Å². The molecule has 128 valence electrons. The van der Waals surface area contributed by atoms with Gasteiger partial charge in [0.25, 0.3) is 0 Å². The summed E-state index contributed by atoms with van der Waals surface area (Å²) < 4.78 is 43.6. The van der Waals surface area contributed by atoms with E-state index in [1.165, 1.54) is 0 Å². The van der Waals surface area contributed by atoms with Crippen LogP contribution in [0.4, 0.5) is 0 Å². The second kappa shape index (κ2) is 17.4. The molecule has 0 saturated heterocycles. The maximum Gasteiger partial charge on any atom is 1.00 e. The Morgan fingerprint density at radius 2 is 1.00 bits per heavy atom. The Kier molecular flexibility index (Phi) is 25.3. The van der Waals surface area contributed by atoms with E-state index < -0.39 is 34.4 Å². The summed E-state index contributed by atoms with van der Waals surface area (Å²) in [4.78, 5) is 34.6. The minimum atomic E-state index is -4.68. The van der Waals surface area contributed by atoms with Crippen molar-refractivity contribution in [3.63, 3.8) is 0 Å². The quantitative estimate of drug-likeness (QED) is 0.168. The predicted molar refractivity (Wildman–Crippen MR) is 74.3 cm³/mol. The van der Waals surface area contributed by atoms with Gasteiger partial charge >= 0.3 is 88.7 Å². The third-order valence-corrected chi connectivity index (χ3v) is 9.72. The SMILES string of the molecule is CCCCOP(=O)([O-])CP(=O)([O-])CP(=O)([O-])OCCCC.[Na+].[Na+].[Na+]. The molecule has 0 aliphatic heterocycles. The molecule has 0 aromatic rings. The molecule has 0 spiro atoms. The molecule has 0 heterocycles. The van der Waals surface area contributed by atoms with Crippen LogP contribution >= 0.6 is 22.6 Å². The summed E-state index contributed by atoms with van der Waals surface area (Å²) in [5.74, 6) is -2.62. The monoisotopic (exact) mass is 432 g/mol. The normalized spacial score (nSPS) is 17.9. The molecular weight excluding hydrogens is 410 g/mol. The Morgan fingerprint density at radius 3 is 1.25 bits per heavy atom. The zero-order valence-corrected chi connectivity index (χ0v) is 23.9. The van der Waals surface area contributed by atoms with Crippen molar-refractivity contribution in [2.24, 2.45) is 0 Å². The summed E-state index contributed by atoms with van der Waals surface area (Å²) >= 11 is 0. The molecule has 0 fully saturated rings. The van der Waals surface area contributed by atoms with Crippen LogP contribution in [0.5, 0.6) is 0 Å². The van der Waals surface area contributed by atoms with Gasteiger partial charge in [-0.15, -0.1) is 0 Å². The zero-order valence-electron chi connectivity index (χ0n) is 15.3. The second-order valence-corrected chi connectivity index (χ2v) is 11.5. The van der Waals surface area contributed by atoms with Crippen LogP contribution in [-0.4, -0.2) is 25.0 Å². The predicted octanol–water partition coefficient (Wildman–Crippen LogP) is -7.71. The molecule has 2 atom stereocenters. The number of rotatable bonds is 12. The van der Waals surface area contributed by atoms with Gasteiger partial charge in [-0.1, -0.05) is 26.7 Å². The van der Waals surface area contributed by atoms with E-state index in [1.807, 2.05) is 13.8 Å². The van der Waals surface area contributed by atoms with E-state index in [1.54, 1.807) is 0 Å². The summed E-state index contributed by atoms with van der Waals surface area (Å²) in [6, 6.07) is 0. The molecule has 24 heavy (non-hydrogen) atoms. The summed E-state index contributed by atoms with van der Waals surface area (Å²) in [5, 5.41) is 0. The van der Waals surface area contributed by atoms with Crippen LogP contribution in [0, 0.1) is 0 Å². The van der Waals surface area contributed by atoms with Gasteiger partial charge in [0.1, 0.15) is 15.2 Å². The van der Waals surface area contributed by atoms with Crippen molar-refractivity contribution in [3.8, 4) is 0 Å². The van der Waals surface area contributed by atoms with Crippen LogP contribution in [0.1, 0.15) is 39.5 Å². The van der Waals surface area contributed by atoms with Gasteiger partial charge in [-0.25, -0.2) is 0 Å². The fourth-order valence-electron chi connectivity index (χ4n) is 1.35. The van der Waals surface area contributed by atoms with Gasteiger partial charge in [0.2, 0.25) is 0 Å². The molecule has 0 aromatic heterocycles. The molecule has 0 saturated carbocycles. The molecule has 0 radical (unpaired) electrons. The molecular formula is C10H22Na3O8P3. The van der Waals surface area contributed by atoms with Crippen molar-refractivity contribution in [1.29, 1.82) is 0 Å². The summed E-state index contributed by atoms with van der Waals surface area (Å²) in [6.07, 6.45) is 2.32. The fraction of sp³-hybridized carbons (Fsp3) is 1.00. The molecule has 14 heteroatoms. The fourth-order valence-corrected chi connectivity index (χ4v) is 8.20. The van der Waals surface area contributed by atoms with E-state index in [4.69, 9.17) is 0 Å². The summed E-state index contributed by atoms with van der Waals surface area (Å²) in [5.41, 5.74) is 0. The average molecular weight is 432 g/mol. The first-order valence-electron chi connectivity index (χ1n) is 6.72. The maximum atomic E-state index is 11.7. The topological polar surface area (TPSA) is 139 Å². The van der Waals surface area contributed by atoms with Crippen LogP contribution in [0.15, 0.2) is 0 Å². The first kappa shape index (κ1) is 35.0. The van der Waals surface area contributed by atoms with Gasteiger partial charge in [-0.05, 0) is 12.8 Å². The van der Waals surface area contributed by atoms with Crippen molar-refractivity contribution >= 4 is 22.6 Å². The Bertz CT molecular complexity index is 415. The van der Waals surface area contributed by atoms with E-state index in [9.17, 15) is 28.4 Å². The van der Waals surface area contributed by atoms with Crippen LogP contribution in [0.25, 0.3) is 0 Å². The molecule has 0 aromatic carbocycles. The molecule has 8 nitrogen and oxygen atoms in total. The van der Waals surface area contributed by atoms with E-state index in [0.717, 1.165) is 0 Å². The smallest absolute Gasteiger partial charge is 0.799 e. The van der Waals surface area contributed by atoms with Crippen LogP contribution in [0.2, 0.25) is 0 Å². The summed E-state index contributed by atoms with van der Waals surface area (Å²) in [6.45, 7) is 3.41. The first-order valence-corrected chi connectivity index (χ1v) is 12.2. The second-order valence-electron chi connectivity index (χ2n) is 4.69. The Hall–Kier alpha value is 3.49. The van der Waals surface area contributed by atoms with Gasteiger partial charge < -0.3 is 37.4 Å². The van der Waals surface area contributed by atoms with E-state index in [-0.39, 0.29) is 102 Å². The minimum absolute atomic E-state index is 0. The van der Waals surface area contributed by atoms with Crippen molar-refractivity contribution in [1.82, 2.24) is 0 Å². The average Bonchev–Trinajstić information content (AvgIpc) is 2.25. The molecule has 0 aliphatic rings. The van der Waals surface area contributed by atoms with Gasteiger partial charge in [-0.3, -0.25) is 0 Å². The first-order chi connectivity index (χ1) is 9.54. The maximum absolute atomic E-state index is 11.7. The van der Waals surface area contributed by atoms with Crippen molar-refractivity contribution in [2.75, 3.05) is 25.0 Å². The van der Waals surface area contributed by atoms with Crippen LogP contribution in [0.3, 0.4) is 0 Å². The van der Waals surface area contributed by atoms with Crippen LogP contribution < -0.4 is 103 Å². The molecule has 0 rings (SSSR count). The number of hydrogen-bond donors (Lipinski definition) is 0. The largest absolute Gasteiger partial charge is 1.00 e. The van der Waals surface area contributed by atoms with E-state index >= 15 is 0 Å². The van der Waals surface area contributed by atoms with Gasteiger partial charge in [0, 0.05) is 7.37 Å². The van der Waals surface area contributed by atoms with Gasteiger partial charge in [0.05, 0.1) is 25.0 Å². The third-order valence-electron chi connectivity index (χ3n) is 2.35. The Balaban J connectivity index is -0.000000667. The molecule has 0 amide bonds. The van der Waals surface area contributed by atoms with E-state index in [0.29, 0.717) is 25.7 Å². The van der Waals surface area contributed by atoms with E-state index in [2.05, 4.69) is 9.05 Å². The van der Waals surface area contributed by atoms with Crippen molar-refractivity contribution in [3.05, 3.63) is 0 Å². The zero-order chi connectivity index (χ0) is 16.6. The van der Waals surface area contributed by atoms with Gasteiger partial charge in [-0.2, -0.15) is 0 Å². The molecule has 0 bridgehead atoms. The number of unbranched alkanes of at least 4 members (excludes halogenated alkanes) is 2. The summed E-state index contributed by atoms with van der Waals surface area (Å²) in [7, 11) is -13.9.